The van der Waals surface area contributed by atoms with Crippen LogP contribution in [0.2, 0.25) is 0 Å². The summed E-state index contributed by atoms with van der Waals surface area (Å²) in [6, 6.07) is 17.3. The maximum atomic E-state index is 13.0. The molecule has 1 heterocycles. The predicted octanol–water partition coefficient (Wildman–Crippen LogP) is 4.81. The zero-order chi connectivity index (χ0) is 25.2. The lowest BCUT2D eigenvalue weighted by Crippen LogP contribution is -2.31. The highest BCUT2D eigenvalue weighted by Crippen LogP contribution is 2.26. The van der Waals surface area contributed by atoms with Gasteiger partial charge in [-0.05, 0) is 79.0 Å². The minimum atomic E-state index is -3.51. The summed E-state index contributed by atoms with van der Waals surface area (Å²) in [5.41, 5.74) is 5.67. The van der Waals surface area contributed by atoms with Gasteiger partial charge >= 0.3 is 6.03 Å². The first-order chi connectivity index (χ1) is 16.6. The van der Waals surface area contributed by atoms with Crippen molar-refractivity contribution in [3.63, 3.8) is 0 Å². The van der Waals surface area contributed by atoms with Crippen molar-refractivity contribution in [2.45, 2.75) is 43.6 Å². The summed E-state index contributed by atoms with van der Waals surface area (Å²) in [6.45, 7) is 5.58. The van der Waals surface area contributed by atoms with Crippen LogP contribution in [0.3, 0.4) is 0 Å². The fourth-order valence-corrected chi connectivity index (χ4v) is 5.71. The van der Waals surface area contributed by atoms with Crippen LogP contribution in [0.5, 0.6) is 5.75 Å². The zero-order valence-electron chi connectivity index (χ0n) is 20.5. The molecule has 1 aliphatic heterocycles. The van der Waals surface area contributed by atoms with Gasteiger partial charge in [0.05, 0.1) is 23.8 Å². The molecule has 0 saturated carbocycles. The van der Waals surface area contributed by atoms with Crippen molar-refractivity contribution >= 4 is 21.6 Å². The van der Waals surface area contributed by atoms with Crippen LogP contribution in [-0.4, -0.2) is 33.5 Å². The van der Waals surface area contributed by atoms with E-state index in [1.807, 2.05) is 57.3 Å². The molecule has 1 atom stereocenters. The molecule has 0 saturated heterocycles. The molecular formula is C27H31N3O4S. The van der Waals surface area contributed by atoms with E-state index in [0.29, 0.717) is 5.69 Å². The van der Waals surface area contributed by atoms with Gasteiger partial charge in [-0.3, -0.25) is 4.90 Å². The molecule has 2 amide bonds. The van der Waals surface area contributed by atoms with Gasteiger partial charge in [0, 0.05) is 18.8 Å². The highest BCUT2D eigenvalue weighted by atomic mass is 32.2. The van der Waals surface area contributed by atoms with Gasteiger partial charge in [0.25, 0.3) is 0 Å². The third kappa shape index (κ3) is 5.83. The van der Waals surface area contributed by atoms with Crippen LogP contribution < -0.4 is 15.4 Å². The van der Waals surface area contributed by atoms with E-state index >= 15 is 0 Å². The Kier molecular flexibility index (Phi) is 7.14. The lowest BCUT2D eigenvalue weighted by atomic mass is 10.1. The number of rotatable bonds is 7. The second-order valence-electron chi connectivity index (χ2n) is 9.11. The van der Waals surface area contributed by atoms with Crippen molar-refractivity contribution in [1.82, 2.24) is 10.2 Å². The van der Waals surface area contributed by atoms with E-state index in [2.05, 4.69) is 15.5 Å². The van der Waals surface area contributed by atoms with Gasteiger partial charge in [-0.15, -0.1) is 0 Å². The molecule has 7 nitrogen and oxygen atoms in total. The molecule has 3 aromatic rings. The number of amides is 2. The number of hydrogen-bond acceptors (Lipinski definition) is 5. The minimum absolute atomic E-state index is 0.0595. The van der Waals surface area contributed by atoms with Crippen LogP contribution in [0.4, 0.5) is 10.5 Å². The summed E-state index contributed by atoms with van der Waals surface area (Å²) >= 11 is 0. The molecule has 2 N–H and O–H groups in total. The first-order valence-electron chi connectivity index (χ1n) is 11.5. The van der Waals surface area contributed by atoms with Gasteiger partial charge in [-0.25, -0.2) is 13.2 Å². The van der Waals surface area contributed by atoms with E-state index < -0.39 is 9.84 Å². The molecule has 0 bridgehead atoms. The molecule has 0 aromatic heterocycles. The molecule has 4 rings (SSSR count). The van der Waals surface area contributed by atoms with Crippen molar-refractivity contribution in [3.8, 4) is 5.75 Å². The third-order valence-electron chi connectivity index (χ3n) is 6.25. The summed E-state index contributed by atoms with van der Waals surface area (Å²) < 4.78 is 31.2. The van der Waals surface area contributed by atoms with Gasteiger partial charge in [-0.1, -0.05) is 30.3 Å². The van der Waals surface area contributed by atoms with E-state index in [0.717, 1.165) is 35.5 Å². The Morgan fingerprint density at radius 2 is 1.74 bits per heavy atom. The Morgan fingerprint density at radius 1 is 1.03 bits per heavy atom. The molecule has 1 aliphatic rings. The minimum Gasteiger partial charge on any atom is -0.496 e. The fourth-order valence-electron chi connectivity index (χ4n) is 4.37. The average Bonchev–Trinajstić information content (AvgIpc) is 3.18. The SMILES string of the molecule is COc1ccc(C(C)NC(=O)Nc2ccc(S(=O)(=O)Cc3ccc4c(c3)CN(C)C4)cc2)cc1C. The number of urea groups is 1. The van der Waals surface area contributed by atoms with Gasteiger partial charge in [0.2, 0.25) is 0 Å². The molecule has 1 unspecified atom stereocenters. The number of hydrogen-bond donors (Lipinski definition) is 2. The zero-order valence-corrected chi connectivity index (χ0v) is 21.3. The van der Waals surface area contributed by atoms with Crippen molar-refractivity contribution in [2.75, 3.05) is 19.5 Å². The standard InChI is InChI=1S/C27H31N3O4S/c1-18-13-21(7-12-26(18)34-4)19(2)28-27(31)29-24-8-10-25(11-9-24)35(32,33)17-20-5-6-22-15-30(3)16-23(22)14-20/h5-14,19H,15-17H2,1-4H3,(H2,28,29,31). The predicted molar refractivity (Wildman–Crippen MR) is 137 cm³/mol. The second-order valence-corrected chi connectivity index (χ2v) is 11.1. The van der Waals surface area contributed by atoms with Crippen LogP contribution in [0.25, 0.3) is 0 Å². The van der Waals surface area contributed by atoms with Gasteiger partial charge in [-0.2, -0.15) is 0 Å². The Balaban J connectivity index is 1.37. The fraction of sp³-hybridized carbons (Fsp3) is 0.296. The molecular weight excluding hydrogens is 462 g/mol. The molecule has 35 heavy (non-hydrogen) atoms. The lowest BCUT2D eigenvalue weighted by Gasteiger charge is -2.17. The maximum absolute atomic E-state index is 13.0. The van der Waals surface area contributed by atoms with E-state index in [-0.39, 0.29) is 22.7 Å². The Bertz CT molecular complexity index is 1340. The summed E-state index contributed by atoms with van der Waals surface area (Å²) in [5.74, 6) is 0.736. The van der Waals surface area contributed by atoms with Crippen molar-refractivity contribution in [3.05, 3.63) is 88.5 Å². The van der Waals surface area contributed by atoms with Crippen LogP contribution in [0.15, 0.2) is 65.6 Å². The van der Waals surface area contributed by atoms with Crippen molar-refractivity contribution in [1.29, 1.82) is 0 Å². The highest BCUT2D eigenvalue weighted by molar-refractivity contribution is 7.90. The van der Waals surface area contributed by atoms with E-state index in [9.17, 15) is 13.2 Å². The number of aryl methyl sites for hydroxylation is 1. The normalized spacial score (nSPS) is 14.3. The molecule has 0 fully saturated rings. The number of sulfone groups is 1. The van der Waals surface area contributed by atoms with Crippen molar-refractivity contribution in [2.24, 2.45) is 0 Å². The number of anilines is 1. The first kappa shape index (κ1) is 24.8. The highest BCUT2D eigenvalue weighted by Gasteiger charge is 2.20. The van der Waals surface area contributed by atoms with E-state index in [1.165, 1.54) is 23.3 Å². The Morgan fingerprint density at radius 3 is 2.43 bits per heavy atom. The first-order valence-corrected chi connectivity index (χ1v) is 13.1. The van der Waals surface area contributed by atoms with Crippen LogP contribution >= 0.6 is 0 Å². The number of ether oxygens (including phenoxy) is 1. The monoisotopic (exact) mass is 493 g/mol. The maximum Gasteiger partial charge on any atom is 0.319 e. The number of carbonyl (C=O) groups excluding carboxylic acids is 1. The number of nitrogens with zero attached hydrogens (tertiary/aromatic N) is 1. The molecule has 0 radical (unpaired) electrons. The largest absolute Gasteiger partial charge is 0.496 e. The smallest absolute Gasteiger partial charge is 0.319 e. The van der Waals surface area contributed by atoms with Crippen molar-refractivity contribution < 1.29 is 17.9 Å². The topological polar surface area (TPSA) is 87.7 Å². The Hall–Kier alpha value is -3.36. The average molecular weight is 494 g/mol. The van der Waals surface area contributed by atoms with Gasteiger partial charge in [0.15, 0.2) is 9.84 Å². The second kappa shape index (κ2) is 10.1. The number of methoxy groups -OCH3 is 1. The summed E-state index contributed by atoms with van der Waals surface area (Å²) in [6.07, 6.45) is 0. The van der Waals surface area contributed by atoms with E-state index in [4.69, 9.17) is 4.74 Å². The third-order valence-corrected chi connectivity index (χ3v) is 7.95. The number of carbonyl (C=O) groups is 1. The summed E-state index contributed by atoms with van der Waals surface area (Å²) in [5, 5.41) is 5.66. The summed E-state index contributed by atoms with van der Waals surface area (Å²) in [7, 11) is 0.166. The quantitative estimate of drug-likeness (QED) is 0.493. The summed E-state index contributed by atoms with van der Waals surface area (Å²) in [4.78, 5) is 14.9. The molecule has 0 aliphatic carbocycles. The number of benzene rings is 3. The molecule has 3 aromatic carbocycles. The molecule has 0 spiro atoms. The number of nitrogens with one attached hydrogen (secondary N) is 2. The molecule has 8 heteroatoms. The lowest BCUT2D eigenvalue weighted by molar-refractivity contribution is 0.249. The number of fused-ring (bicyclic) bond motifs is 1. The molecule has 184 valence electrons. The van der Waals surface area contributed by atoms with Gasteiger partial charge < -0.3 is 15.4 Å². The Labute approximate surface area is 207 Å². The van der Waals surface area contributed by atoms with Crippen LogP contribution in [0, 0.1) is 6.92 Å². The van der Waals surface area contributed by atoms with Crippen LogP contribution in [-0.2, 0) is 28.7 Å². The van der Waals surface area contributed by atoms with Gasteiger partial charge in [0.1, 0.15) is 5.75 Å². The van der Waals surface area contributed by atoms with E-state index in [1.54, 1.807) is 19.2 Å². The van der Waals surface area contributed by atoms with Crippen LogP contribution in [0.1, 0.15) is 40.8 Å².